The molecule has 0 aliphatic heterocycles. The summed E-state index contributed by atoms with van der Waals surface area (Å²) in [5, 5.41) is 9.98. The zero-order valence-electron chi connectivity index (χ0n) is 10.7. The molecule has 0 spiro atoms. The zero-order chi connectivity index (χ0) is 15.6. The summed E-state index contributed by atoms with van der Waals surface area (Å²) in [5.74, 6) is -0.0518. The van der Waals surface area contributed by atoms with E-state index in [0.717, 1.165) is 0 Å². The van der Waals surface area contributed by atoms with Crippen molar-refractivity contribution in [2.75, 3.05) is 5.73 Å². The number of sulfonamides is 1. The number of phenolic OH excluding ortho intramolecular Hbond substituents is 1. The van der Waals surface area contributed by atoms with Gasteiger partial charge in [-0.25, -0.2) is 13.1 Å². The van der Waals surface area contributed by atoms with Gasteiger partial charge >= 0.3 is 0 Å². The Labute approximate surface area is 132 Å². The van der Waals surface area contributed by atoms with Crippen LogP contribution < -0.4 is 10.5 Å². The monoisotopic (exact) mass is 346 g/mol. The Kier molecular flexibility index (Phi) is 4.63. The molecule has 0 saturated heterocycles. The van der Waals surface area contributed by atoms with Gasteiger partial charge in [0.25, 0.3) is 0 Å². The van der Waals surface area contributed by atoms with Gasteiger partial charge in [0.05, 0.1) is 5.02 Å². The van der Waals surface area contributed by atoms with E-state index in [9.17, 15) is 13.5 Å². The summed E-state index contributed by atoms with van der Waals surface area (Å²) in [7, 11) is -3.86. The average molecular weight is 347 g/mol. The molecule has 0 aromatic heterocycles. The van der Waals surface area contributed by atoms with Crippen LogP contribution in [0, 0.1) is 0 Å². The van der Waals surface area contributed by atoms with E-state index in [1.807, 2.05) is 0 Å². The molecule has 2 aromatic rings. The fourth-order valence-electron chi connectivity index (χ4n) is 1.68. The number of aromatic hydroxyl groups is 1. The molecule has 21 heavy (non-hydrogen) atoms. The highest BCUT2D eigenvalue weighted by atomic mass is 35.5. The minimum atomic E-state index is -3.86. The number of nitrogens with one attached hydrogen (secondary N) is 1. The molecule has 2 aromatic carbocycles. The molecule has 0 atom stereocenters. The van der Waals surface area contributed by atoms with Crippen LogP contribution >= 0.6 is 23.2 Å². The van der Waals surface area contributed by atoms with Crippen LogP contribution in [0.15, 0.2) is 41.3 Å². The van der Waals surface area contributed by atoms with Gasteiger partial charge in [-0.05, 0) is 36.4 Å². The maximum atomic E-state index is 12.2. The summed E-state index contributed by atoms with van der Waals surface area (Å²) in [6.45, 7) is -0.123. The third kappa shape index (κ3) is 3.79. The molecule has 0 unspecified atom stereocenters. The van der Waals surface area contributed by atoms with Gasteiger partial charge in [-0.2, -0.15) is 0 Å². The summed E-state index contributed by atoms with van der Waals surface area (Å²) in [5.41, 5.74) is 6.37. The van der Waals surface area contributed by atoms with Gasteiger partial charge < -0.3 is 10.8 Å². The lowest BCUT2D eigenvalue weighted by Crippen LogP contribution is -2.23. The average Bonchev–Trinajstić information content (AvgIpc) is 2.42. The highest BCUT2D eigenvalue weighted by Gasteiger charge is 2.18. The second-order valence-electron chi connectivity index (χ2n) is 4.29. The lowest BCUT2D eigenvalue weighted by molar-refractivity contribution is 0.467. The zero-order valence-corrected chi connectivity index (χ0v) is 13.0. The predicted molar refractivity (Wildman–Crippen MR) is 83.0 cm³/mol. The highest BCUT2D eigenvalue weighted by molar-refractivity contribution is 7.89. The molecule has 0 fully saturated rings. The van der Waals surface area contributed by atoms with Gasteiger partial charge in [0.15, 0.2) is 0 Å². The van der Waals surface area contributed by atoms with E-state index < -0.39 is 10.0 Å². The van der Waals surface area contributed by atoms with E-state index in [1.54, 1.807) is 0 Å². The van der Waals surface area contributed by atoms with Gasteiger partial charge in [-0.15, -0.1) is 0 Å². The van der Waals surface area contributed by atoms with Crippen molar-refractivity contribution < 1.29 is 13.5 Å². The van der Waals surface area contributed by atoms with E-state index >= 15 is 0 Å². The Bertz CT molecular complexity index is 779. The second-order valence-corrected chi connectivity index (χ2v) is 6.87. The van der Waals surface area contributed by atoms with Crippen LogP contribution in [-0.4, -0.2) is 13.5 Å². The Balaban J connectivity index is 2.26. The van der Waals surface area contributed by atoms with Gasteiger partial charge in [0.2, 0.25) is 10.0 Å². The molecule has 0 bridgehead atoms. The number of hydrogen-bond donors (Lipinski definition) is 3. The molecule has 5 nitrogen and oxygen atoms in total. The number of benzene rings is 2. The maximum Gasteiger partial charge on any atom is 0.242 e. The van der Waals surface area contributed by atoms with E-state index in [1.165, 1.54) is 36.4 Å². The number of halogens is 2. The first-order valence-electron chi connectivity index (χ1n) is 5.82. The Morgan fingerprint density at radius 3 is 2.57 bits per heavy atom. The van der Waals surface area contributed by atoms with Crippen molar-refractivity contribution in [2.45, 2.75) is 11.4 Å². The molecule has 0 aliphatic rings. The SMILES string of the molecule is Nc1ccc(O)c(CNS(=O)(=O)c2cc(Cl)ccc2Cl)c1. The number of phenols is 1. The number of rotatable bonds is 4. The van der Waals surface area contributed by atoms with Crippen molar-refractivity contribution in [1.82, 2.24) is 4.72 Å². The van der Waals surface area contributed by atoms with Crippen molar-refractivity contribution in [3.63, 3.8) is 0 Å². The molecular formula is C13H12Cl2N2O3S. The predicted octanol–water partition coefficient (Wildman–Crippen LogP) is 2.76. The van der Waals surface area contributed by atoms with Crippen LogP contribution in [0.3, 0.4) is 0 Å². The first-order chi connectivity index (χ1) is 9.79. The van der Waals surface area contributed by atoms with Crippen LogP contribution in [0.1, 0.15) is 5.56 Å². The van der Waals surface area contributed by atoms with Crippen LogP contribution in [0.2, 0.25) is 10.0 Å². The number of nitrogen functional groups attached to an aromatic ring is 1. The van der Waals surface area contributed by atoms with Crippen LogP contribution in [0.4, 0.5) is 5.69 Å². The van der Waals surface area contributed by atoms with Gasteiger partial charge in [-0.3, -0.25) is 0 Å². The van der Waals surface area contributed by atoms with Gasteiger partial charge in [0, 0.05) is 22.8 Å². The van der Waals surface area contributed by atoms with E-state index in [4.69, 9.17) is 28.9 Å². The highest BCUT2D eigenvalue weighted by Crippen LogP contribution is 2.26. The summed E-state index contributed by atoms with van der Waals surface area (Å²) < 4.78 is 26.8. The molecule has 0 aliphatic carbocycles. The Hall–Kier alpha value is -1.47. The quantitative estimate of drug-likeness (QED) is 0.586. The molecule has 0 heterocycles. The third-order valence-corrected chi connectivity index (χ3v) is 4.86. The minimum absolute atomic E-state index is 0.0518. The van der Waals surface area contributed by atoms with Gasteiger partial charge in [0.1, 0.15) is 10.6 Å². The maximum absolute atomic E-state index is 12.2. The van der Waals surface area contributed by atoms with E-state index in [-0.39, 0.29) is 27.2 Å². The summed E-state index contributed by atoms with van der Waals surface area (Å²) in [6, 6.07) is 8.54. The first-order valence-corrected chi connectivity index (χ1v) is 8.05. The van der Waals surface area contributed by atoms with Crippen molar-refractivity contribution in [1.29, 1.82) is 0 Å². The molecule has 0 saturated carbocycles. The fourth-order valence-corrected chi connectivity index (χ4v) is 3.45. The van der Waals surface area contributed by atoms with Crippen molar-refractivity contribution in [3.05, 3.63) is 52.0 Å². The van der Waals surface area contributed by atoms with Crippen LogP contribution in [-0.2, 0) is 16.6 Å². The topological polar surface area (TPSA) is 92.4 Å². The largest absolute Gasteiger partial charge is 0.508 e. The summed E-state index contributed by atoms with van der Waals surface area (Å²) >= 11 is 11.7. The summed E-state index contributed by atoms with van der Waals surface area (Å²) in [4.78, 5) is -0.125. The molecule has 0 radical (unpaired) electrons. The number of nitrogens with two attached hydrogens (primary N) is 1. The van der Waals surface area contributed by atoms with E-state index in [0.29, 0.717) is 11.3 Å². The molecule has 0 amide bonds. The van der Waals surface area contributed by atoms with Crippen molar-refractivity contribution in [3.8, 4) is 5.75 Å². The van der Waals surface area contributed by atoms with Crippen molar-refractivity contribution >= 4 is 38.9 Å². The van der Waals surface area contributed by atoms with Gasteiger partial charge in [-0.1, -0.05) is 23.2 Å². The minimum Gasteiger partial charge on any atom is -0.508 e. The molecule has 2 rings (SSSR count). The normalized spacial score (nSPS) is 11.5. The van der Waals surface area contributed by atoms with Crippen LogP contribution in [0.5, 0.6) is 5.75 Å². The Morgan fingerprint density at radius 1 is 1.14 bits per heavy atom. The van der Waals surface area contributed by atoms with E-state index in [2.05, 4.69) is 4.72 Å². The summed E-state index contributed by atoms with van der Waals surface area (Å²) in [6.07, 6.45) is 0. The fraction of sp³-hybridized carbons (Fsp3) is 0.0769. The smallest absolute Gasteiger partial charge is 0.242 e. The van der Waals surface area contributed by atoms with Crippen molar-refractivity contribution in [2.24, 2.45) is 0 Å². The number of anilines is 1. The van der Waals surface area contributed by atoms with Crippen LogP contribution in [0.25, 0.3) is 0 Å². The molecule has 112 valence electrons. The molecular weight excluding hydrogens is 335 g/mol. The molecule has 8 heteroatoms. The first kappa shape index (κ1) is 15.9. The Morgan fingerprint density at radius 2 is 1.86 bits per heavy atom. The lowest BCUT2D eigenvalue weighted by atomic mass is 10.2. The second kappa shape index (κ2) is 6.11. The molecule has 4 N–H and O–H groups in total. The number of hydrogen-bond acceptors (Lipinski definition) is 4. The lowest BCUT2D eigenvalue weighted by Gasteiger charge is -2.10. The third-order valence-electron chi connectivity index (χ3n) is 2.74. The standard InChI is InChI=1S/C13H12Cl2N2O3S/c14-9-1-3-11(15)13(6-9)21(19,20)17-7-8-5-10(16)2-4-12(8)18/h1-6,17-18H,7,16H2.